The summed E-state index contributed by atoms with van der Waals surface area (Å²) in [5.74, 6) is -2.65. The normalized spacial score (nSPS) is 8.91. The van der Waals surface area contributed by atoms with Crippen LogP contribution in [0.25, 0.3) is 0 Å². The van der Waals surface area contributed by atoms with E-state index in [1.807, 2.05) is 0 Å². The van der Waals surface area contributed by atoms with Gasteiger partial charge in [0, 0.05) is 0 Å². The third-order valence-electron chi connectivity index (χ3n) is 1.07. The van der Waals surface area contributed by atoms with Crippen LogP contribution in [0.5, 0.6) is 0 Å². The second kappa shape index (κ2) is 6.66. The van der Waals surface area contributed by atoms with E-state index in [1.54, 1.807) is 0 Å². The maximum atomic E-state index is 10.1. The fourth-order valence-corrected chi connectivity index (χ4v) is 0.0915. The van der Waals surface area contributed by atoms with Crippen molar-refractivity contribution >= 4 is 82.2 Å². The Labute approximate surface area is 119 Å². The third kappa shape index (κ3) is 5.42. The Balaban J connectivity index is -0.000000320. The number of hydrogen-bond donors (Lipinski definition) is 2. The standard InChI is InChI=1S/C5H8O4.K.Li.2H/c1-5(2,3(6)7)4(8)9;;;;/h1-2H3,(H,6,7)(H,8,9);;;;. The molecule has 2 N–H and O–H groups in total. The topological polar surface area (TPSA) is 74.6 Å². The molecule has 0 unspecified atom stereocenters. The van der Waals surface area contributed by atoms with Gasteiger partial charge in [0.1, 0.15) is 0 Å². The van der Waals surface area contributed by atoms with E-state index in [4.69, 9.17) is 10.2 Å². The maximum absolute atomic E-state index is 10.1. The first-order valence-electron chi connectivity index (χ1n) is 2.36. The number of carboxylic acids is 2. The first kappa shape index (κ1) is 18.1. The molecule has 0 rings (SSSR count). The second-order valence-electron chi connectivity index (χ2n) is 2.24. The Hall–Kier alpha value is 1.17. The summed E-state index contributed by atoms with van der Waals surface area (Å²) in [6, 6.07) is 0. The Kier molecular flexibility index (Phi) is 10.9. The van der Waals surface area contributed by atoms with E-state index in [1.165, 1.54) is 0 Å². The summed E-state index contributed by atoms with van der Waals surface area (Å²) >= 11 is 0. The molecule has 0 aliphatic rings. The fraction of sp³-hybridized carbons (Fsp3) is 0.600. The predicted molar refractivity (Wildman–Crippen MR) is 43.4 cm³/mol. The van der Waals surface area contributed by atoms with Gasteiger partial charge in [-0.1, -0.05) is 0 Å². The van der Waals surface area contributed by atoms with Crippen molar-refractivity contribution in [1.29, 1.82) is 0 Å². The Bertz CT molecular complexity index is 141. The van der Waals surface area contributed by atoms with Gasteiger partial charge in [-0.2, -0.15) is 0 Å². The van der Waals surface area contributed by atoms with Crippen LogP contribution in [-0.2, 0) is 9.59 Å². The van der Waals surface area contributed by atoms with Crippen LogP contribution in [0.1, 0.15) is 13.8 Å². The van der Waals surface area contributed by atoms with Crippen molar-refractivity contribution in [3.8, 4) is 0 Å². The van der Waals surface area contributed by atoms with Gasteiger partial charge in [0.2, 0.25) is 0 Å². The van der Waals surface area contributed by atoms with Crippen LogP contribution in [0.15, 0.2) is 0 Å². The molecule has 0 aliphatic heterocycles. The molecule has 0 saturated heterocycles. The van der Waals surface area contributed by atoms with Gasteiger partial charge in [-0.05, 0) is 13.8 Å². The molecule has 6 heteroatoms. The van der Waals surface area contributed by atoms with Gasteiger partial charge in [0.15, 0.2) is 5.41 Å². The van der Waals surface area contributed by atoms with Crippen molar-refractivity contribution in [1.82, 2.24) is 0 Å². The van der Waals surface area contributed by atoms with Gasteiger partial charge in [-0.15, -0.1) is 0 Å². The molecule has 0 radical (unpaired) electrons. The zero-order valence-electron chi connectivity index (χ0n) is 5.21. The van der Waals surface area contributed by atoms with E-state index in [0.717, 1.165) is 13.8 Å². The molecule has 0 aliphatic carbocycles. The number of carbonyl (C=O) groups is 2. The molecule has 0 spiro atoms. The minimum atomic E-state index is -1.67. The van der Waals surface area contributed by atoms with Gasteiger partial charge < -0.3 is 10.2 Å². The quantitative estimate of drug-likeness (QED) is 0.417. The molecule has 4 nitrogen and oxygen atoms in total. The van der Waals surface area contributed by atoms with Gasteiger partial charge in [0.25, 0.3) is 0 Å². The van der Waals surface area contributed by atoms with Crippen molar-refractivity contribution < 1.29 is 19.8 Å². The van der Waals surface area contributed by atoms with Crippen LogP contribution in [0.3, 0.4) is 0 Å². The summed E-state index contributed by atoms with van der Waals surface area (Å²) in [5.41, 5.74) is -1.67. The number of rotatable bonds is 2. The second-order valence-corrected chi connectivity index (χ2v) is 2.24. The van der Waals surface area contributed by atoms with Gasteiger partial charge >= 0.3 is 82.2 Å². The van der Waals surface area contributed by atoms with E-state index in [9.17, 15) is 9.59 Å². The first-order valence-corrected chi connectivity index (χ1v) is 2.36. The van der Waals surface area contributed by atoms with Crippen LogP contribution in [0, 0.1) is 5.41 Å². The van der Waals surface area contributed by atoms with Crippen LogP contribution in [0.2, 0.25) is 0 Å². The van der Waals surface area contributed by atoms with E-state index in [-0.39, 0.29) is 70.2 Å². The summed E-state index contributed by atoms with van der Waals surface area (Å²) in [6.07, 6.45) is 0. The molecule has 56 valence electrons. The van der Waals surface area contributed by atoms with Crippen LogP contribution in [-0.4, -0.2) is 92.4 Å². The molecule has 0 saturated carbocycles. The third-order valence-corrected chi connectivity index (χ3v) is 1.07. The zero-order chi connectivity index (χ0) is 7.65. The Morgan fingerprint density at radius 2 is 1.27 bits per heavy atom. The average Bonchev–Trinajstić information content (AvgIpc) is 1.65. The van der Waals surface area contributed by atoms with Crippen molar-refractivity contribution in [3.05, 3.63) is 0 Å². The van der Waals surface area contributed by atoms with E-state index < -0.39 is 17.4 Å². The molecule has 0 heterocycles. The Morgan fingerprint density at radius 3 is 1.27 bits per heavy atom. The van der Waals surface area contributed by atoms with Gasteiger partial charge in [-0.25, -0.2) is 0 Å². The predicted octanol–water partition coefficient (Wildman–Crippen LogP) is -1.12. The SMILES string of the molecule is CC(C)(C(=O)O)C(=O)O.[KH].[LiH]. The molecule has 0 aromatic heterocycles. The molecule has 0 atom stereocenters. The Morgan fingerprint density at radius 1 is 1.09 bits per heavy atom. The van der Waals surface area contributed by atoms with Crippen LogP contribution < -0.4 is 0 Å². The molecule has 0 aromatic carbocycles. The molecular formula is C5H10KLiO4. The fourth-order valence-electron chi connectivity index (χ4n) is 0.0915. The molecule has 0 fully saturated rings. The van der Waals surface area contributed by atoms with E-state index in [2.05, 4.69) is 0 Å². The molecular weight excluding hydrogens is 170 g/mol. The molecule has 0 amide bonds. The summed E-state index contributed by atoms with van der Waals surface area (Å²) in [4.78, 5) is 20.2. The minimum absolute atomic E-state index is 0. The summed E-state index contributed by atoms with van der Waals surface area (Å²) < 4.78 is 0. The van der Waals surface area contributed by atoms with E-state index in [0.29, 0.717) is 0 Å². The summed E-state index contributed by atoms with van der Waals surface area (Å²) in [6.45, 7) is 2.27. The zero-order valence-corrected chi connectivity index (χ0v) is 5.21. The molecule has 11 heavy (non-hydrogen) atoms. The monoisotopic (exact) mass is 180 g/mol. The number of carboxylic acid groups (broad SMARTS) is 2. The molecule has 0 aromatic rings. The number of hydrogen-bond acceptors (Lipinski definition) is 2. The van der Waals surface area contributed by atoms with E-state index >= 15 is 0 Å². The van der Waals surface area contributed by atoms with Crippen LogP contribution in [0.4, 0.5) is 0 Å². The summed E-state index contributed by atoms with van der Waals surface area (Å²) in [5, 5.41) is 16.5. The van der Waals surface area contributed by atoms with Gasteiger partial charge in [-0.3, -0.25) is 9.59 Å². The summed E-state index contributed by atoms with van der Waals surface area (Å²) in [7, 11) is 0. The van der Waals surface area contributed by atoms with Gasteiger partial charge in [0.05, 0.1) is 0 Å². The first-order chi connectivity index (χ1) is 3.89. The van der Waals surface area contributed by atoms with Crippen molar-refractivity contribution in [3.63, 3.8) is 0 Å². The van der Waals surface area contributed by atoms with Crippen molar-refractivity contribution in [2.45, 2.75) is 13.8 Å². The van der Waals surface area contributed by atoms with Crippen molar-refractivity contribution in [2.75, 3.05) is 0 Å². The number of aliphatic carboxylic acids is 2. The average molecular weight is 180 g/mol. The van der Waals surface area contributed by atoms with Crippen molar-refractivity contribution in [2.24, 2.45) is 5.41 Å². The molecule has 0 bridgehead atoms. The van der Waals surface area contributed by atoms with Crippen LogP contribution >= 0.6 is 0 Å².